The molecule has 2 atom stereocenters. The Morgan fingerprint density at radius 3 is 2.59 bits per heavy atom. The first-order chi connectivity index (χ1) is 12.8. The van der Waals surface area contributed by atoms with E-state index in [1.54, 1.807) is 12.3 Å². The molecular weight excluding hydrogens is 352 g/mol. The van der Waals surface area contributed by atoms with Gasteiger partial charge in [0.1, 0.15) is 20.0 Å². The number of nitriles is 1. The number of aromatic nitrogens is 1. The van der Waals surface area contributed by atoms with Crippen LogP contribution in [0.5, 0.6) is 0 Å². The van der Waals surface area contributed by atoms with E-state index in [1.165, 1.54) is 12.8 Å². The van der Waals surface area contributed by atoms with Crippen LogP contribution in [-0.2, 0) is 0 Å². The van der Waals surface area contributed by atoms with Gasteiger partial charge in [-0.05, 0) is 32.7 Å². The Kier molecular flexibility index (Phi) is 4.50. The molecule has 4 heterocycles. The second kappa shape index (κ2) is 6.71. The van der Waals surface area contributed by atoms with E-state index in [9.17, 15) is 5.26 Å². The zero-order chi connectivity index (χ0) is 19.2. The number of anilines is 1. The van der Waals surface area contributed by atoms with Crippen LogP contribution in [0.3, 0.4) is 0 Å². The number of piperidine rings is 1. The Hall–Kier alpha value is -2.28. The highest BCUT2D eigenvalue weighted by atomic mass is 28.3. The van der Waals surface area contributed by atoms with E-state index in [2.05, 4.69) is 59.4 Å². The second-order valence-electron chi connectivity index (χ2n) is 8.85. The van der Waals surface area contributed by atoms with Crippen molar-refractivity contribution in [3.63, 3.8) is 0 Å². The number of rotatable bonds is 2. The Labute approximate surface area is 161 Å². The molecule has 0 aromatic carbocycles. The van der Waals surface area contributed by atoms with Crippen molar-refractivity contribution in [3.05, 3.63) is 23.6 Å². The predicted molar refractivity (Wildman–Crippen MR) is 110 cm³/mol. The lowest BCUT2D eigenvalue weighted by atomic mass is 9.97. The zero-order valence-electron chi connectivity index (χ0n) is 16.5. The predicted octanol–water partition coefficient (Wildman–Crippen LogP) is 3.97. The summed E-state index contributed by atoms with van der Waals surface area (Å²) >= 11 is 0. The molecule has 0 spiro atoms. The lowest BCUT2D eigenvalue weighted by molar-refractivity contribution is 0.169. The fraction of sp³-hybridized carbons (Fsp3) is 0.524. The lowest BCUT2D eigenvalue weighted by Crippen LogP contribution is -2.44. The van der Waals surface area contributed by atoms with Crippen molar-refractivity contribution in [2.45, 2.75) is 63.4 Å². The van der Waals surface area contributed by atoms with Crippen molar-refractivity contribution < 1.29 is 4.42 Å². The van der Waals surface area contributed by atoms with Crippen LogP contribution in [0.1, 0.15) is 37.0 Å². The Bertz CT molecular complexity index is 958. The molecule has 5 nitrogen and oxygen atoms in total. The molecule has 0 saturated carbocycles. The average Bonchev–Trinajstić information content (AvgIpc) is 3.10. The average molecular weight is 379 g/mol. The van der Waals surface area contributed by atoms with E-state index in [4.69, 9.17) is 4.42 Å². The molecule has 0 aliphatic carbocycles. The molecule has 140 valence electrons. The summed E-state index contributed by atoms with van der Waals surface area (Å²) < 4.78 is 5.58. The molecule has 0 radical (unpaired) electrons. The van der Waals surface area contributed by atoms with Crippen LogP contribution in [0.4, 0.5) is 5.82 Å². The number of pyridine rings is 1. The van der Waals surface area contributed by atoms with E-state index in [1.807, 2.05) is 0 Å². The van der Waals surface area contributed by atoms with Crippen LogP contribution in [0.2, 0.25) is 19.6 Å². The van der Waals surface area contributed by atoms with Gasteiger partial charge in [0.2, 0.25) is 5.76 Å². The van der Waals surface area contributed by atoms with E-state index >= 15 is 0 Å². The van der Waals surface area contributed by atoms with Gasteiger partial charge in [-0.3, -0.25) is 0 Å². The Morgan fingerprint density at radius 2 is 1.96 bits per heavy atom. The quantitative estimate of drug-likeness (QED) is 0.633. The third kappa shape index (κ3) is 3.60. The van der Waals surface area contributed by atoms with Gasteiger partial charge in [-0.1, -0.05) is 25.6 Å². The molecule has 1 N–H and O–H groups in total. The molecule has 6 heteroatoms. The van der Waals surface area contributed by atoms with Crippen LogP contribution >= 0.6 is 0 Å². The van der Waals surface area contributed by atoms with Gasteiger partial charge in [0, 0.05) is 29.6 Å². The minimum atomic E-state index is -1.54. The molecule has 2 unspecified atom stereocenters. The first-order valence-electron chi connectivity index (χ1n) is 9.68. The molecule has 0 amide bonds. The van der Waals surface area contributed by atoms with Crippen molar-refractivity contribution in [2.75, 3.05) is 12.4 Å². The minimum Gasteiger partial charge on any atom is -0.444 e. The molecule has 2 aromatic heterocycles. The summed E-state index contributed by atoms with van der Waals surface area (Å²) in [7, 11) is 0.708. The standard InChI is InChI=1S/C21H26N4OSi/c1-25-15-5-6-16(25)10-14(9-15)24-21-18(7-8-27(2,3)4)19-11-17(12-22)26-20(19)13-23-21/h11,13-16H,5-6,9-10H2,1-4H3,(H,23,24). The third-order valence-electron chi connectivity index (χ3n) is 5.69. The highest BCUT2D eigenvalue weighted by Crippen LogP contribution is 2.36. The van der Waals surface area contributed by atoms with Gasteiger partial charge in [-0.2, -0.15) is 5.26 Å². The number of furan rings is 1. The maximum absolute atomic E-state index is 9.20. The largest absolute Gasteiger partial charge is 0.444 e. The highest BCUT2D eigenvalue weighted by Gasteiger charge is 2.38. The summed E-state index contributed by atoms with van der Waals surface area (Å²) in [6, 6.07) is 5.62. The molecule has 2 bridgehead atoms. The van der Waals surface area contributed by atoms with E-state index in [-0.39, 0.29) is 0 Å². The zero-order valence-corrected chi connectivity index (χ0v) is 17.5. The fourth-order valence-electron chi connectivity index (χ4n) is 4.28. The van der Waals surface area contributed by atoms with Crippen molar-refractivity contribution in [1.29, 1.82) is 5.26 Å². The van der Waals surface area contributed by atoms with Gasteiger partial charge in [-0.25, -0.2) is 4.98 Å². The number of hydrogen-bond acceptors (Lipinski definition) is 5. The molecule has 2 fully saturated rings. The molecule has 2 aromatic rings. The minimum absolute atomic E-state index is 0.303. The monoisotopic (exact) mass is 378 g/mol. The SMILES string of the molecule is CN1C2CCC1CC(Nc1ncc3oc(C#N)cc3c1C#C[Si](C)(C)C)C2. The molecule has 2 aliphatic rings. The van der Waals surface area contributed by atoms with Crippen molar-refractivity contribution in [3.8, 4) is 17.5 Å². The van der Waals surface area contributed by atoms with Gasteiger partial charge in [0.05, 0.1) is 11.8 Å². The van der Waals surface area contributed by atoms with Gasteiger partial charge in [-0.15, -0.1) is 5.54 Å². The smallest absolute Gasteiger partial charge is 0.204 e. The summed E-state index contributed by atoms with van der Waals surface area (Å²) in [6.45, 7) is 6.68. The summed E-state index contributed by atoms with van der Waals surface area (Å²) in [6.07, 6.45) is 6.58. The van der Waals surface area contributed by atoms with E-state index < -0.39 is 8.07 Å². The molecule has 4 rings (SSSR count). The number of nitrogens with zero attached hydrogens (tertiary/aromatic N) is 3. The maximum atomic E-state index is 9.20. The van der Waals surface area contributed by atoms with Crippen molar-refractivity contribution in [1.82, 2.24) is 9.88 Å². The third-order valence-corrected chi connectivity index (χ3v) is 6.56. The maximum Gasteiger partial charge on any atom is 0.204 e. The van der Waals surface area contributed by atoms with Crippen molar-refractivity contribution in [2.24, 2.45) is 0 Å². The number of nitrogens with one attached hydrogen (secondary N) is 1. The molecular formula is C21H26N4OSi. The van der Waals surface area contributed by atoms with E-state index in [0.29, 0.717) is 29.5 Å². The Morgan fingerprint density at radius 1 is 1.26 bits per heavy atom. The number of hydrogen-bond donors (Lipinski definition) is 1. The summed E-state index contributed by atoms with van der Waals surface area (Å²) in [5.74, 6) is 4.51. The lowest BCUT2D eigenvalue weighted by Gasteiger charge is -2.37. The van der Waals surface area contributed by atoms with Crippen LogP contribution in [0, 0.1) is 22.8 Å². The first-order valence-corrected chi connectivity index (χ1v) is 13.2. The number of fused-ring (bicyclic) bond motifs is 3. The van der Waals surface area contributed by atoms with Crippen molar-refractivity contribution >= 4 is 24.9 Å². The van der Waals surface area contributed by atoms with Crippen LogP contribution < -0.4 is 5.32 Å². The molecule has 2 aliphatic heterocycles. The Balaban J connectivity index is 1.71. The van der Waals surface area contributed by atoms with Crippen LogP contribution in [-0.4, -0.2) is 43.1 Å². The topological polar surface area (TPSA) is 65.1 Å². The van der Waals surface area contributed by atoms with Gasteiger partial charge >= 0.3 is 0 Å². The summed E-state index contributed by atoms with van der Waals surface area (Å²) in [5.41, 5.74) is 4.94. The van der Waals surface area contributed by atoms with Gasteiger partial charge in [0.15, 0.2) is 5.58 Å². The van der Waals surface area contributed by atoms with Crippen LogP contribution in [0.15, 0.2) is 16.7 Å². The van der Waals surface area contributed by atoms with Gasteiger partial charge < -0.3 is 14.6 Å². The normalized spacial score (nSPS) is 25.1. The van der Waals surface area contributed by atoms with Crippen LogP contribution in [0.25, 0.3) is 11.0 Å². The first kappa shape index (κ1) is 18.1. The summed E-state index contributed by atoms with van der Waals surface area (Å²) in [4.78, 5) is 7.16. The summed E-state index contributed by atoms with van der Waals surface area (Å²) in [5, 5.41) is 13.8. The van der Waals surface area contributed by atoms with Gasteiger partial charge in [0.25, 0.3) is 0 Å². The second-order valence-corrected chi connectivity index (χ2v) is 13.6. The fourth-order valence-corrected chi connectivity index (χ4v) is 4.78. The highest BCUT2D eigenvalue weighted by molar-refractivity contribution is 6.83. The molecule has 27 heavy (non-hydrogen) atoms. The molecule has 2 saturated heterocycles. The van der Waals surface area contributed by atoms with E-state index in [0.717, 1.165) is 29.6 Å².